The first-order valence-electron chi connectivity index (χ1n) is 9.22. The van der Waals surface area contributed by atoms with Gasteiger partial charge in [0.15, 0.2) is 0 Å². The first-order valence-corrected chi connectivity index (χ1v) is 9.22. The summed E-state index contributed by atoms with van der Waals surface area (Å²) in [5.74, 6) is 4.43. The second-order valence-electron chi connectivity index (χ2n) is 6.53. The zero-order valence-electron chi connectivity index (χ0n) is 15.7. The highest BCUT2D eigenvalue weighted by molar-refractivity contribution is 5.83. The number of carboxylic acids is 1. The van der Waals surface area contributed by atoms with E-state index in [-0.39, 0.29) is 0 Å². The number of nitrogen functional groups attached to an aromatic ring is 1. The maximum absolute atomic E-state index is 11.7. The standard InChI is InChI=1S/C21H28N4O2/c1-2-20(21(26)27)25(19-8-5-7-17(14-19)15-24-23)13-4-3-6-16-9-11-18(22)12-10-16/h5,7-12,14-15,20H,2-4,6,13,22-23H2,1H3,(H,26,27). The minimum atomic E-state index is -0.811. The number of hydrazone groups is 1. The van der Waals surface area contributed by atoms with Crippen LogP contribution in [0.1, 0.15) is 37.3 Å². The molecule has 0 saturated heterocycles. The van der Waals surface area contributed by atoms with E-state index in [1.165, 1.54) is 5.56 Å². The minimum absolute atomic E-state index is 0.530. The fourth-order valence-corrected chi connectivity index (χ4v) is 3.16. The smallest absolute Gasteiger partial charge is 0.326 e. The summed E-state index contributed by atoms with van der Waals surface area (Å²) < 4.78 is 0. The first-order chi connectivity index (χ1) is 13.0. The van der Waals surface area contributed by atoms with E-state index in [9.17, 15) is 9.90 Å². The van der Waals surface area contributed by atoms with E-state index < -0.39 is 12.0 Å². The molecular weight excluding hydrogens is 340 g/mol. The molecule has 0 spiro atoms. The number of unbranched alkanes of at least 4 members (excludes halogenated alkanes) is 1. The van der Waals surface area contributed by atoms with Crippen molar-refractivity contribution in [3.63, 3.8) is 0 Å². The quantitative estimate of drug-likeness (QED) is 0.196. The van der Waals surface area contributed by atoms with Gasteiger partial charge in [0.25, 0.3) is 0 Å². The summed E-state index contributed by atoms with van der Waals surface area (Å²) in [6, 6.07) is 15.0. The molecule has 0 aliphatic heterocycles. The van der Waals surface area contributed by atoms with Crippen LogP contribution in [0.4, 0.5) is 11.4 Å². The molecule has 0 fully saturated rings. The van der Waals surface area contributed by atoms with Gasteiger partial charge in [0.1, 0.15) is 6.04 Å². The van der Waals surface area contributed by atoms with E-state index in [1.807, 2.05) is 60.4 Å². The van der Waals surface area contributed by atoms with Crippen LogP contribution in [-0.4, -0.2) is 29.9 Å². The molecular formula is C21H28N4O2. The van der Waals surface area contributed by atoms with Crippen LogP contribution < -0.4 is 16.5 Å². The van der Waals surface area contributed by atoms with Crippen LogP contribution in [0.15, 0.2) is 53.6 Å². The highest BCUT2D eigenvalue weighted by atomic mass is 16.4. The van der Waals surface area contributed by atoms with E-state index in [0.717, 1.165) is 36.2 Å². The average Bonchev–Trinajstić information content (AvgIpc) is 2.66. The van der Waals surface area contributed by atoms with Crippen LogP contribution in [0, 0.1) is 0 Å². The molecule has 2 aromatic rings. The summed E-state index contributed by atoms with van der Waals surface area (Å²) in [4.78, 5) is 13.7. The number of nitrogens with two attached hydrogens (primary N) is 2. The Morgan fingerprint density at radius 2 is 1.96 bits per heavy atom. The number of hydrogen-bond acceptors (Lipinski definition) is 5. The number of hydrogen-bond donors (Lipinski definition) is 3. The molecule has 0 heterocycles. The maximum atomic E-state index is 11.7. The van der Waals surface area contributed by atoms with Gasteiger partial charge in [-0.15, -0.1) is 0 Å². The van der Waals surface area contributed by atoms with Gasteiger partial charge in [-0.25, -0.2) is 4.79 Å². The van der Waals surface area contributed by atoms with Crippen LogP contribution >= 0.6 is 0 Å². The highest BCUT2D eigenvalue weighted by Crippen LogP contribution is 2.21. The van der Waals surface area contributed by atoms with Crippen LogP contribution in [0.5, 0.6) is 0 Å². The number of aliphatic carboxylic acids is 1. The number of carbonyl (C=O) groups is 1. The minimum Gasteiger partial charge on any atom is -0.480 e. The van der Waals surface area contributed by atoms with E-state index in [4.69, 9.17) is 11.6 Å². The fourth-order valence-electron chi connectivity index (χ4n) is 3.16. The predicted molar refractivity (Wildman–Crippen MR) is 111 cm³/mol. The summed E-state index contributed by atoms with van der Waals surface area (Å²) in [6.07, 6.45) is 4.90. The van der Waals surface area contributed by atoms with E-state index in [1.54, 1.807) is 6.21 Å². The van der Waals surface area contributed by atoms with Crippen molar-refractivity contribution >= 4 is 23.6 Å². The van der Waals surface area contributed by atoms with Gasteiger partial charge in [-0.1, -0.05) is 31.2 Å². The van der Waals surface area contributed by atoms with Crippen molar-refractivity contribution in [2.24, 2.45) is 10.9 Å². The van der Waals surface area contributed by atoms with Gasteiger partial charge >= 0.3 is 5.97 Å². The number of aryl methyl sites for hydroxylation is 1. The summed E-state index contributed by atoms with van der Waals surface area (Å²) in [5, 5.41) is 13.2. The second kappa shape index (κ2) is 10.2. The number of benzene rings is 2. The molecule has 2 aromatic carbocycles. The van der Waals surface area contributed by atoms with Crippen molar-refractivity contribution in [1.82, 2.24) is 0 Å². The second-order valence-corrected chi connectivity index (χ2v) is 6.53. The van der Waals surface area contributed by atoms with Crippen LogP contribution in [-0.2, 0) is 11.2 Å². The molecule has 0 amide bonds. The van der Waals surface area contributed by atoms with Crippen LogP contribution in [0.25, 0.3) is 0 Å². The first kappa shape index (κ1) is 20.3. The Kier molecular flexibility index (Phi) is 7.67. The molecule has 5 N–H and O–H groups in total. The van der Waals surface area contributed by atoms with Crippen molar-refractivity contribution in [1.29, 1.82) is 0 Å². The van der Waals surface area contributed by atoms with Crippen LogP contribution in [0.3, 0.4) is 0 Å². The number of anilines is 2. The highest BCUT2D eigenvalue weighted by Gasteiger charge is 2.23. The maximum Gasteiger partial charge on any atom is 0.326 e. The Morgan fingerprint density at radius 1 is 1.22 bits per heavy atom. The zero-order chi connectivity index (χ0) is 19.6. The van der Waals surface area contributed by atoms with Crippen molar-refractivity contribution in [3.8, 4) is 0 Å². The molecule has 6 nitrogen and oxygen atoms in total. The largest absolute Gasteiger partial charge is 0.480 e. The monoisotopic (exact) mass is 368 g/mol. The summed E-state index contributed by atoms with van der Waals surface area (Å²) in [5.41, 5.74) is 9.44. The van der Waals surface area contributed by atoms with Gasteiger partial charge in [0, 0.05) is 17.9 Å². The lowest BCUT2D eigenvalue weighted by Gasteiger charge is -2.30. The lowest BCUT2D eigenvalue weighted by atomic mass is 10.1. The van der Waals surface area contributed by atoms with E-state index >= 15 is 0 Å². The molecule has 0 radical (unpaired) electrons. The van der Waals surface area contributed by atoms with Gasteiger partial charge < -0.3 is 21.6 Å². The lowest BCUT2D eigenvalue weighted by Crippen LogP contribution is -2.41. The van der Waals surface area contributed by atoms with Crippen molar-refractivity contribution in [3.05, 3.63) is 59.7 Å². The van der Waals surface area contributed by atoms with Crippen molar-refractivity contribution in [2.75, 3.05) is 17.2 Å². The molecule has 1 atom stereocenters. The third-order valence-electron chi connectivity index (χ3n) is 4.57. The topological polar surface area (TPSA) is 105 Å². The SMILES string of the molecule is CCC(C(=O)O)N(CCCCc1ccc(N)cc1)c1cccc(C=NN)c1. The average molecular weight is 368 g/mol. The summed E-state index contributed by atoms with van der Waals surface area (Å²) in [7, 11) is 0. The normalized spacial score (nSPS) is 12.2. The lowest BCUT2D eigenvalue weighted by molar-refractivity contribution is -0.138. The Hall–Kier alpha value is -3.02. The summed E-state index contributed by atoms with van der Waals surface area (Å²) >= 11 is 0. The Balaban J connectivity index is 2.07. The molecule has 0 bridgehead atoms. The number of nitrogens with zero attached hydrogens (tertiary/aromatic N) is 2. The van der Waals surface area contributed by atoms with Crippen molar-refractivity contribution in [2.45, 2.75) is 38.6 Å². The fraction of sp³-hybridized carbons (Fsp3) is 0.333. The Labute approximate surface area is 160 Å². The molecule has 2 rings (SSSR count). The summed E-state index contributed by atoms with van der Waals surface area (Å²) in [6.45, 7) is 2.56. The molecule has 0 aliphatic carbocycles. The van der Waals surface area contributed by atoms with Crippen LogP contribution in [0.2, 0.25) is 0 Å². The Morgan fingerprint density at radius 3 is 2.59 bits per heavy atom. The number of rotatable bonds is 10. The third kappa shape index (κ3) is 6.02. The van der Waals surface area contributed by atoms with E-state index in [0.29, 0.717) is 13.0 Å². The van der Waals surface area contributed by atoms with Gasteiger partial charge in [0.2, 0.25) is 0 Å². The molecule has 27 heavy (non-hydrogen) atoms. The van der Waals surface area contributed by atoms with Gasteiger partial charge in [-0.2, -0.15) is 5.10 Å². The Bertz CT molecular complexity index is 759. The third-order valence-corrected chi connectivity index (χ3v) is 4.57. The van der Waals surface area contributed by atoms with Gasteiger partial charge in [-0.3, -0.25) is 0 Å². The number of carboxylic acid groups (broad SMARTS) is 1. The van der Waals surface area contributed by atoms with Crippen molar-refractivity contribution < 1.29 is 9.90 Å². The molecule has 0 aliphatic rings. The molecule has 1 unspecified atom stereocenters. The molecule has 144 valence electrons. The predicted octanol–water partition coefficient (Wildman–Crippen LogP) is 3.25. The molecule has 0 saturated carbocycles. The molecule has 6 heteroatoms. The molecule has 0 aromatic heterocycles. The van der Waals surface area contributed by atoms with Gasteiger partial charge in [-0.05, 0) is 61.1 Å². The van der Waals surface area contributed by atoms with Gasteiger partial charge in [0.05, 0.1) is 6.21 Å². The zero-order valence-corrected chi connectivity index (χ0v) is 15.7. The van der Waals surface area contributed by atoms with E-state index in [2.05, 4.69) is 5.10 Å².